The van der Waals surface area contributed by atoms with Crippen LogP contribution in [-0.2, 0) is 35.6 Å². The van der Waals surface area contributed by atoms with E-state index in [9.17, 15) is 27.6 Å². The number of hydrogen-bond acceptors (Lipinski definition) is 11. The van der Waals surface area contributed by atoms with Crippen molar-refractivity contribution in [3.8, 4) is 11.6 Å². The molecule has 2 aliphatic heterocycles. The van der Waals surface area contributed by atoms with Crippen molar-refractivity contribution in [3.63, 3.8) is 0 Å². The minimum Gasteiger partial charge on any atom is -0.497 e. The topological polar surface area (TPSA) is 195 Å². The first-order valence-electron chi connectivity index (χ1n) is 19.4. The molecule has 2 aliphatic carbocycles. The molecule has 1 aromatic heterocycles. The molecule has 4 aliphatic rings. The summed E-state index contributed by atoms with van der Waals surface area (Å²) in [5, 5.41) is 4.90. The van der Waals surface area contributed by atoms with Gasteiger partial charge in [-0.15, -0.1) is 6.58 Å². The molecule has 4 amide bonds. The number of carbonyl (C=O) groups excluding carboxylic acids is 4. The number of ether oxygens (including phenoxy) is 3. The van der Waals surface area contributed by atoms with Gasteiger partial charge in [0.05, 0.1) is 29.9 Å². The van der Waals surface area contributed by atoms with Crippen LogP contribution in [0, 0.1) is 17.3 Å². The Hall–Kier alpha value is -2.83. The van der Waals surface area contributed by atoms with E-state index in [0.29, 0.717) is 48.2 Å². The van der Waals surface area contributed by atoms with Gasteiger partial charge in [-0.25, -0.2) is 23.2 Å². The van der Waals surface area contributed by atoms with Crippen LogP contribution in [0.25, 0.3) is 11.0 Å². The molecule has 7 atom stereocenters. The Kier molecular flexibility index (Phi) is 14.5. The standard InChI is InChI=1S/C39H54N6O9S.K/c1-7-22(8-2)32(35(47)44-55(50,51)26-15-16-26)42-34(46)30-20-25-21-45(30)37(48)33(39(3,4)5)43-38(49)54-31-18-23(31)12-10-9-11-13-28-36(53-25)41-29-19-24(52-6)14-17-27(29)40-28;/h7,14,17,19,22-23,25-26,30-33H,1,8-13,15-16,18,20-21H2,2-6H3,(H,42,46)(H,43,49)(H,44,47);/q;+1/t22-,23+,25+,30-,31+,32-,33+;/m0./s1. The Labute approximate surface area is 371 Å². The summed E-state index contributed by atoms with van der Waals surface area (Å²) in [6, 6.07) is 1.88. The van der Waals surface area contributed by atoms with E-state index in [2.05, 4.69) is 21.9 Å². The summed E-state index contributed by atoms with van der Waals surface area (Å²) in [4.78, 5) is 66.9. The largest absolute Gasteiger partial charge is 1.00 e. The van der Waals surface area contributed by atoms with Gasteiger partial charge in [0.2, 0.25) is 27.7 Å². The molecular formula is C39H54KN6O9S+. The minimum atomic E-state index is -3.92. The molecule has 56 heavy (non-hydrogen) atoms. The molecule has 300 valence electrons. The summed E-state index contributed by atoms with van der Waals surface area (Å²) < 4.78 is 45.4. The fourth-order valence-electron chi connectivity index (χ4n) is 7.44. The summed E-state index contributed by atoms with van der Waals surface area (Å²) in [6.07, 6.45) is 6.08. The molecule has 0 radical (unpaired) electrons. The van der Waals surface area contributed by atoms with Crippen LogP contribution in [0.15, 0.2) is 30.9 Å². The second-order valence-electron chi connectivity index (χ2n) is 16.3. The Morgan fingerprint density at radius 3 is 2.50 bits per heavy atom. The molecule has 0 spiro atoms. The number of nitrogens with one attached hydrogen (secondary N) is 3. The molecule has 2 bridgehead atoms. The van der Waals surface area contributed by atoms with Crippen molar-refractivity contribution < 1.29 is 93.2 Å². The molecule has 2 aromatic rings. The van der Waals surface area contributed by atoms with Gasteiger partial charge in [0.1, 0.15) is 41.8 Å². The molecule has 6 rings (SSSR count). The maximum atomic E-state index is 14.6. The average molecular weight is 822 g/mol. The van der Waals surface area contributed by atoms with E-state index in [1.54, 1.807) is 20.1 Å². The summed E-state index contributed by atoms with van der Waals surface area (Å²) >= 11 is 0. The number of benzene rings is 1. The SMILES string of the molecule is C=C[C@@H](CC)[C@H](NC(=O)[C@@H]1C[C@@H]2CN1C(=O)[C@H](C(C)(C)C)NC(=O)O[C@@H]1C[C@H]1CCCCCc1nc3ccc(OC)cc3nc1O2)C(=O)NS(=O)(=O)C1CC1.[K+]. The molecule has 2 saturated carbocycles. The van der Waals surface area contributed by atoms with E-state index in [4.69, 9.17) is 24.2 Å². The monoisotopic (exact) mass is 821 g/mol. The van der Waals surface area contributed by atoms with Crippen LogP contribution >= 0.6 is 0 Å². The van der Waals surface area contributed by atoms with Crippen molar-refractivity contribution in [2.45, 2.75) is 127 Å². The molecule has 3 fully saturated rings. The number of sulfonamides is 1. The third kappa shape index (κ3) is 10.6. The van der Waals surface area contributed by atoms with Gasteiger partial charge in [0.15, 0.2) is 0 Å². The van der Waals surface area contributed by atoms with E-state index in [1.165, 1.54) is 11.0 Å². The van der Waals surface area contributed by atoms with Gasteiger partial charge < -0.3 is 29.7 Å². The third-order valence-corrected chi connectivity index (χ3v) is 12.8. The van der Waals surface area contributed by atoms with Crippen molar-refractivity contribution in [1.29, 1.82) is 0 Å². The van der Waals surface area contributed by atoms with Crippen LogP contribution in [-0.4, -0.2) is 96.3 Å². The number of rotatable bonds is 9. The fourth-order valence-corrected chi connectivity index (χ4v) is 8.77. The van der Waals surface area contributed by atoms with E-state index in [1.807, 2.05) is 32.9 Å². The number of alkyl carbamates (subject to hydrolysis) is 1. The number of nitrogens with zero attached hydrogens (tertiary/aromatic N) is 3. The summed E-state index contributed by atoms with van der Waals surface area (Å²) in [6.45, 7) is 11.0. The first-order chi connectivity index (χ1) is 26.1. The van der Waals surface area contributed by atoms with Crippen LogP contribution in [0.2, 0.25) is 0 Å². The van der Waals surface area contributed by atoms with Crippen molar-refractivity contribution in [1.82, 2.24) is 30.2 Å². The first kappa shape index (κ1) is 44.3. The zero-order valence-electron chi connectivity index (χ0n) is 33.3. The van der Waals surface area contributed by atoms with E-state index in [0.717, 1.165) is 32.1 Å². The third-order valence-electron chi connectivity index (χ3n) is 11.0. The predicted molar refractivity (Wildman–Crippen MR) is 204 cm³/mol. The molecule has 17 heteroatoms. The zero-order valence-corrected chi connectivity index (χ0v) is 37.3. The fraction of sp³-hybridized carbons (Fsp3) is 0.641. The Balaban J connectivity index is 0.00000600. The predicted octanol–water partition coefficient (Wildman–Crippen LogP) is 0.942. The van der Waals surface area contributed by atoms with Gasteiger partial charge in [-0.05, 0) is 68.4 Å². The summed E-state index contributed by atoms with van der Waals surface area (Å²) in [7, 11) is -2.35. The van der Waals surface area contributed by atoms with Gasteiger partial charge in [-0.2, -0.15) is 0 Å². The van der Waals surface area contributed by atoms with E-state index in [-0.39, 0.29) is 82.3 Å². The first-order valence-corrected chi connectivity index (χ1v) is 20.9. The van der Waals surface area contributed by atoms with Crippen molar-refractivity contribution >= 4 is 44.9 Å². The zero-order chi connectivity index (χ0) is 39.7. The molecule has 0 unspecified atom stereocenters. The van der Waals surface area contributed by atoms with Crippen LogP contribution in [0.3, 0.4) is 0 Å². The number of methoxy groups -OCH3 is 1. The average Bonchev–Trinajstić information content (AvgIpc) is 4.07. The molecule has 15 nitrogen and oxygen atoms in total. The van der Waals surface area contributed by atoms with E-state index < -0.39 is 74.7 Å². The Morgan fingerprint density at radius 2 is 1.84 bits per heavy atom. The number of amides is 4. The number of hydrogen-bond donors (Lipinski definition) is 3. The second-order valence-corrected chi connectivity index (χ2v) is 18.3. The number of aryl methyl sites for hydroxylation is 1. The summed E-state index contributed by atoms with van der Waals surface area (Å²) in [5.41, 5.74) is 1.09. The molecule has 3 N–H and O–H groups in total. The normalized spacial score (nSPS) is 25.6. The van der Waals surface area contributed by atoms with Gasteiger partial charge in [0, 0.05) is 18.4 Å². The van der Waals surface area contributed by atoms with Crippen molar-refractivity contribution in [3.05, 3.63) is 36.5 Å². The number of fused-ring (bicyclic) bond motifs is 5. The van der Waals surface area contributed by atoms with Gasteiger partial charge in [-0.3, -0.25) is 19.1 Å². The van der Waals surface area contributed by atoms with Gasteiger partial charge in [0.25, 0.3) is 5.91 Å². The van der Waals surface area contributed by atoms with Gasteiger partial charge >= 0.3 is 57.5 Å². The van der Waals surface area contributed by atoms with E-state index >= 15 is 0 Å². The molecule has 1 saturated heterocycles. The van der Waals surface area contributed by atoms with Crippen LogP contribution in [0.5, 0.6) is 11.6 Å². The van der Waals surface area contributed by atoms with Crippen LogP contribution < -0.4 is 76.2 Å². The molecule has 1 aromatic carbocycles. The van der Waals surface area contributed by atoms with Crippen LogP contribution in [0.1, 0.15) is 91.2 Å². The summed E-state index contributed by atoms with van der Waals surface area (Å²) in [5.74, 6) is -1.57. The smallest absolute Gasteiger partial charge is 0.497 e. The Bertz CT molecular complexity index is 1920. The van der Waals surface area contributed by atoms with Crippen molar-refractivity contribution in [2.75, 3.05) is 13.7 Å². The van der Waals surface area contributed by atoms with Crippen LogP contribution in [0.4, 0.5) is 4.79 Å². The van der Waals surface area contributed by atoms with Gasteiger partial charge in [-0.1, -0.05) is 46.6 Å². The number of carbonyl (C=O) groups is 4. The minimum absolute atomic E-state index is 0. The quantitative estimate of drug-likeness (QED) is 0.241. The number of aromatic nitrogens is 2. The Morgan fingerprint density at radius 1 is 1.09 bits per heavy atom. The maximum Gasteiger partial charge on any atom is 1.00 e. The molecule has 3 heterocycles. The van der Waals surface area contributed by atoms with Crippen molar-refractivity contribution in [2.24, 2.45) is 17.3 Å². The second kappa shape index (κ2) is 18.4. The molecular weight excluding hydrogens is 768 g/mol. The maximum absolute atomic E-state index is 14.6.